The Balaban J connectivity index is 2.23. The van der Waals surface area contributed by atoms with E-state index in [0.29, 0.717) is 0 Å². The van der Waals surface area contributed by atoms with Crippen molar-refractivity contribution in [1.29, 1.82) is 0 Å². The minimum Gasteiger partial charge on any atom is -0.0727 e. The van der Waals surface area contributed by atoms with E-state index in [4.69, 9.17) is 22.5 Å². The first-order valence-electron chi connectivity index (χ1n) is 10.7. The second-order valence-corrected chi connectivity index (χ2v) is 15.7. The molecule has 0 nitrogen and oxygen atoms in total. The van der Waals surface area contributed by atoms with Gasteiger partial charge in [-0.25, -0.2) is 0 Å². The Hall–Kier alpha value is -0.900. The molecule has 0 aliphatic carbocycles. The van der Waals surface area contributed by atoms with E-state index in [2.05, 4.69) is 114 Å². The molecule has 3 rings (SSSR count). The van der Waals surface area contributed by atoms with Crippen molar-refractivity contribution in [3.8, 4) is 0 Å². The van der Waals surface area contributed by atoms with Crippen LogP contribution in [-0.2, 0) is 17.0 Å². The molecule has 0 aromatic heterocycles. The molecule has 0 fully saturated rings. The van der Waals surface area contributed by atoms with Gasteiger partial charge in [0.15, 0.2) is 0 Å². The minimum atomic E-state index is -1.26. The lowest BCUT2D eigenvalue weighted by atomic mass is 9.79. The van der Waals surface area contributed by atoms with Crippen LogP contribution in [0.1, 0.15) is 58.2 Å². The normalized spacial score (nSPS) is 12.6. The Labute approximate surface area is 200 Å². The van der Waals surface area contributed by atoms with Crippen molar-refractivity contribution in [3.63, 3.8) is 0 Å². The molecule has 0 atom stereocenters. The molecule has 0 saturated heterocycles. The Bertz CT molecular complexity index is 962. The maximum Gasteiger partial charge on any atom is 0.117 e. The van der Waals surface area contributed by atoms with E-state index in [1.807, 2.05) is 0 Å². The number of benzene rings is 3. The van der Waals surface area contributed by atoms with Crippen molar-refractivity contribution >= 4 is 52.9 Å². The van der Waals surface area contributed by atoms with Crippen molar-refractivity contribution in [2.24, 2.45) is 0 Å². The van der Waals surface area contributed by atoms with Crippen LogP contribution in [0.25, 0.3) is 0 Å². The van der Waals surface area contributed by atoms with E-state index in [1.54, 1.807) is 0 Å². The summed E-state index contributed by atoms with van der Waals surface area (Å²) in [4.78, 5) is 0. The number of rotatable bonds is 5. The number of hydrogen-bond acceptors (Lipinski definition) is 0. The third-order valence-electron chi connectivity index (χ3n) is 5.50. The number of halogens is 2. The molecule has 0 saturated carbocycles. The summed E-state index contributed by atoms with van der Waals surface area (Å²) in [5.74, 6) is 0. The highest BCUT2D eigenvalue weighted by atomic mass is 35.9. The highest BCUT2D eigenvalue weighted by Crippen LogP contribution is 2.51. The Morgan fingerprint density at radius 2 is 1.16 bits per heavy atom. The van der Waals surface area contributed by atoms with Gasteiger partial charge in [-0.15, -0.1) is 0 Å². The SMILES string of the molecule is CC(C)(C)c1cc(CP(c2ccccc2)c2ccccc2)c(P(Cl)Cl)c(C(C)(C)C)c1. The fraction of sp³-hybridized carbons (Fsp3) is 0.333. The van der Waals surface area contributed by atoms with Gasteiger partial charge in [-0.3, -0.25) is 0 Å². The largest absolute Gasteiger partial charge is 0.117 e. The van der Waals surface area contributed by atoms with Crippen molar-refractivity contribution in [2.45, 2.75) is 58.5 Å². The minimum absolute atomic E-state index is 0.0298. The summed E-state index contributed by atoms with van der Waals surface area (Å²) < 4.78 is 0. The summed E-state index contributed by atoms with van der Waals surface area (Å²) in [6.07, 6.45) is 0.934. The van der Waals surface area contributed by atoms with Gasteiger partial charge in [0.05, 0.1) is 0 Å². The molecule has 0 bridgehead atoms. The third-order valence-corrected chi connectivity index (χ3v) is 9.88. The van der Waals surface area contributed by atoms with Crippen LogP contribution >= 0.6 is 37.0 Å². The van der Waals surface area contributed by atoms with Crippen LogP contribution in [0.15, 0.2) is 72.8 Å². The van der Waals surface area contributed by atoms with Crippen LogP contribution in [0.2, 0.25) is 0 Å². The summed E-state index contributed by atoms with van der Waals surface area (Å²) in [5, 5.41) is 3.90. The summed E-state index contributed by atoms with van der Waals surface area (Å²) in [5.41, 5.74) is 3.95. The zero-order valence-corrected chi connectivity index (χ0v) is 22.6. The monoisotopic (exact) mass is 488 g/mol. The lowest BCUT2D eigenvalue weighted by Crippen LogP contribution is -2.27. The van der Waals surface area contributed by atoms with Gasteiger partial charge in [-0.1, -0.05) is 137 Å². The maximum absolute atomic E-state index is 6.70. The van der Waals surface area contributed by atoms with Crippen molar-refractivity contribution in [1.82, 2.24) is 0 Å². The average molecular weight is 489 g/mol. The van der Waals surface area contributed by atoms with E-state index < -0.39 is 14.5 Å². The second kappa shape index (κ2) is 9.93. The molecule has 3 aromatic carbocycles. The van der Waals surface area contributed by atoms with Gasteiger partial charge in [0.1, 0.15) is 6.63 Å². The van der Waals surface area contributed by atoms with E-state index >= 15 is 0 Å². The Morgan fingerprint density at radius 1 is 0.677 bits per heavy atom. The molecule has 3 aromatic rings. The quantitative estimate of drug-likeness (QED) is 0.316. The van der Waals surface area contributed by atoms with E-state index in [9.17, 15) is 0 Å². The highest BCUT2D eigenvalue weighted by Gasteiger charge is 2.29. The lowest BCUT2D eigenvalue weighted by Gasteiger charge is -2.31. The van der Waals surface area contributed by atoms with Crippen LogP contribution in [0.3, 0.4) is 0 Å². The van der Waals surface area contributed by atoms with Gasteiger partial charge >= 0.3 is 0 Å². The van der Waals surface area contributed by atoms with Crippen molar-refractivity contribution in [2.75, 3.05) is 0 Å². The molecule has 0 amide bonds. The zero-order valence-electron chi connectivity index (χ0n) is 19.3. The fourth-order valence-corrected chi connectivity index (χ4v) is 8.32. The van der Waals surface area contributed by atoms with Gasteiger partial charge in [0.2, 0.25) is 0 Å². The van der Waals surface area contributed by atoms with Gasteiger partial charge < -0.3 is 0 Å². The smallest absolute Gasteiger partial charge is 0.0727 e. The maximum atomic E-state index is 6.70. The molecule has 164 valence electrons. The Morgan fingerprint density at radius 3 is 1.55 bits per heavy atom. The molecule has 0 unspecified atom stereocenters. The van der Waals surface area contributed by atoms with Gasteiger partial charge in [0, 0.05) is 11.5 Å². The predicted molar refractivity (Wildman–Crippen MR) is 145 cm³/mol. The van der Waals surface area contributed by atoms with Crippen LogP contribution in [0, 0.1) is 0 Å². The summed E-state index contributed by atoms with van der Waals surface area (Å²) in [6, 6.07) is 26.4. The first-order valence-corrected chi connectivity index (χ1v) is 15.3. The van der Waals surface area contributed by atoms with Crippen LogP contribution in [0.5, 0.6) is 0 Å². The molecule has 0 aliphatic heterocycles. The van der Waals surface area contributed by atoms with Gasteiger partial charge in [0.25, 0.3) is 0 Å². The third kappa shape index (κ3) is 6.12. The molecule has 0 heterocycles. The molecule has 0 N–H and O–H groups in total. The predicted octanol–water partition coefficient (Wildman–Crippen LogP) is 8.33. The van der Waals surface area contributed by atoms with Crippen molar-refractivity contribution in [3.05, 3.63) is 89.5 Å². The summed E-state index contributed by atoms with van der Waals surface area (Å²) in [7, 11) is -0.572. The lowest BCUT2D eigenvalue weighted by molar-refractivity contribution is 0.570. The molecular weight excluding hydrogens is 457 g/mol. The highest BCUT2D eigenvalue weighted by molar-refractivity contribution is 8.09. The first-order chi connectivity index (χ1) is 14.5. The van der Waals surface area contributed by atoms with Gasteiger partial charge in [-0.2, -0.15) is 0 Å². The molecule has 0 aliphatic rings. The molecule has 0 radical (unpaired) electrons. The number of hydrogen-bond donors (Lipinski definition) is 0. The molecule has 4 heteroatoms. The fourth-order valence-electron chi connectivity index (χ4n) is 3.74. The van der Waals surface area contributed by atoms with Crippen molar-refractivity contribution < 1.29 is 0 Å². The van der Waals surface area contributed by atoms with E-state index in [0.717, 1.165) is 11.5 Å². The molecule has 0 spiro atoms. The summed E-state index contributed by atoms with van der Waals surface area (Å²) in [6.45, 7) is 12.3. The molecular formula is C27H32Cl2P2. The van der Waals surface area contributed by atoms with E-state index in [1.165, 1.54) is 27.3 Å². The molecule has 31 heavy (non-hydrogen) atoms. The standard InChI is InChI=1S/C27H32Cl2P2/c1-26(2,3)21-17-20(25(31(28)29)24(18-21)27(4,5)6)19-30(22-13-9-7-10-14-22)23-15-11-8-12-16-23/h7-18H,19H2,1-6H3. The average Bonchev–Trinajstić information content (AvgIpc) is 2.71. The van der Waals surface area contributed by atoms with Crippen LogP contribution in [0.4, 0.5) is 0 Å². The van der Waals surface area contributed by atoms with E-state index in [-0.39, 0.29) is 10.8 Å². The zero-order chi connectivity index (χ0) is 22.8. The van der Waals surface area contributed by atoms with Crippen LogP contribution < -0.4 is 15.9 Å². The Kier molecular flexibility index (Phi) is 7.92. The van der Waals surface area contributed by atoms with Gasteiger partial charge in [-0.05, 0) is 46.1 Å². The first kappa shape index (κ1) is 24.7. The summed E-state index contributed by atoms with van der Waals surface area (Å²) >= 11 is 13.4. The second-order valence-electron chi connectivity index (χ2n) is 10.0. The topological polar surface area (TPSA) is 0 Å². The van der Waals surface area contributed by atoms with Crippen LogP contribution in [-0.4, -0.2) is 0 Å².